The molecule has 0 spiro atoms. The summed E-state index contributed by atoms with van der Waals surface area (Å²) >= 11 is 0. The van der Waals surface area contributed by atoms with E-state index in [0.29, 0.717) is 19.4 Å². The number of ether oxygens (including phenoxy) is 3. The fourth-order valence-electron chi connectivity index (χ4n) is 3.99. The molecular weight excluding hydrogens is 375 g/mol. The molecule has 1 N–H and O–H groups in total. The van der Waals surface area contributed by atoms with Crippen LogP contribution in [0.1, 0.15) is 44.4 Å². The van der Waals surface area contributed by atoms with Gasteiger partial charge in [-0.2, -0.15) is 13.2 Å². The lowest BCUT2D eigenvalue weighted by Crippen LogP contribution is -2.53. The number of aliphatic hydroxyl groups is 1. The summed E-state index contributed by atoms with van der Waals surface area (Å²) < 4.78 is 53.8. The Morgan fingerprint density at radius 3 is 2.50 bits per heavy atom. The predicted octanol–water partition coefficient (Wildman–Crippen LogP) is 3.48. The van der Waals surface area contributed by atoms with Crippen molar-refractivity contribution >= 4 is 0 Å². The zero-order valence-corrected chi connectivity index (χ0v) is 16.7. The van der Waals surface area contributed by atoms with Crippen LogP contribution in [-0.2, 0) is 11.2 Å². The molecule has 1 fully saturated rings. The van der Waals surface area contributed by atoms with Gasteiger partial charge >= 0.3 is 6.18 Å². The van der Waals surface area contributed by atoms with Crippen LogP contribution in [0, 0.1) is 0 Å². The molecule has 0 aromatic heterocycles. The lowest BCUT2D eigenvalue weighted by molar-refractivity contribution is -0.153. The first-order chi connectivity index (χ1) is 13.0. The van der Waals surface area contributed by atoms with Gasteiger partial charge < -0.3 is 19.3 Å². The number of piperidine rings is 1. The van der Waals surface area contributed by atoms with Crippen LogP contribution in [-0.4, -0.2) is 60.8 Å². The minimum atomic E-state index is -4.41. The zero-order chi connectivity index (χ0) is 20.7. The maximum absolute atomic E-state index is 12.5. The van der Waals surface area contributed by atoms with Gasteiger partial charge in [0.15, 0.2) is 18.1 Å². The van der Waals surface area contributed by atoms with Gasteiger partial charge in [0.1, 0.15) is 0 Å². The normalized spacial score (nSPS) is 25.8. The minimum absolute atomic E-state index is 0.0239. The maximum atomic E-state index is 12.5. The molecule has 2 heterocycles. The third-order valence-electron chi connectivity index (χ3n) is 5.10. The van der Waals surface area contributed by atoms with Crippen LogP contribution in [0.5, 0.6) is 11.5 Å². The first-order valence-corrected chi connectivity index (χ1v) is 9.47. The van der Waals surface area contributed by atoms with Gasteiger partial charge in [0, 0.05) is 19.1 Å². The van der Waals surface area contributed by atoms with Crippen molar-refractivity contribution in [1.82, 2.24) is 4.90 Å². The molecular formula is C20H28F3NO4. The molecule has 2 aliphatic rings. The van der Waals surface area contributed by atoms with Gasteiger partial charge in [0.05, 0.1) is 24.9 Å². The summed E-state index contributed by atoms with van der Waals surface area (Å²) in [5.74, 6) is 0.365. The van der Waals surface area contributed by atoms with Crippen LogP contribution in [0.25, 0.3) is 0 Å². The Hall–Kier alpha value is -1.51. The summed E-state index contributed by atoms with van der Waals surface area (Å²) in [6, 6.07) is 3.36. The van der Waals surface area contributed by atoms with E-state index < -0.39 is 18.9 Å². The molecule has 8 heteroatoms. The molecule has 2 aliphatic heterocycles. The van der Waals surface area contributed by atoms with Gasteiger partial charge in [-0.15, -0.1) is 0 Å². The monoisotopic (exact) mass is 403 g/mol. The van der Waals surface area contributed by atoms with Crippen molar-refractivity contribution < 1.29 is 32.5 Å². The molecule has 158 valence electrons. The van der Waals surface area contributed by atoms with Crippen LogP contribution < -0.4 is 9.47 Å². The van der Waals surface area contributed by atoms with Gasteiger partial charge in [-0.3, -0.25) is 4.90 Å². The summed E-state index contributed by atoms with van der Waals surface area (Å²) in [5.41, 5.74) is 1.55. The van der Waals surface area contributed by atoms with Crippen LogP contribution >= 0.6 is 0 Å². The minimum Gasteiger partial charge on any atom is -0.493 e. The Balaban J connectivity index is 1.82. The van der Waals surface area contributed by atoms with Gasteiger partial charge in [-0.05, 0) is 56.9 Å². The Morgan fingerprint density at radius 1 is 1.18 bits per heavy atom. The Morgan fingerprint density at radius 2 is 1.89 bits per heavy atom. The van der Waals surface area contributed by atoms with Crippen molar-refractivity contribution in [3.63, 3.8) is 0 Å². The standard InChI is InChI=1S/C20H28F3NO4/c1-19(2,3)28-18-10-24-6-5-12-7-17(27-11-20(21,22)23)16(26-4)8-13(12)14(24)9-15(18)25/h7-8,14-15,18,25H,5-6,9-11H2,1-4H3/t14-,15-,18-/m1/s1. The number of hydrogen-bond acceptors (Lipinski definition) is 5. The second-order valence-electron chi connectivity index (χ2n) is 8.44. The quantitative estimate of drug-likeness (QED) is 0.834. The number of benzene rings is 1. The van der Waals surface area contributed by atoms with Crippen molar-refractivity contribution in [2.24, 2.45) is 0 Å². The summed E-state index contributed by atoms with van der Waals surface area (Å²) in [6.45, 7) is 5.89. The van der Waals surface area contributed by atoms with E-state index in [1.807, 2.05) is 20.8 Å². The third kappa shape index (κ3) is 4.90. The van der Waals surface area contributed by atoms with Gasteiger partial charge in [-0.25, -0.2) is 0 Å². The number of aliphatic hydroxyl groups excluding tert-OH is 1. The molecule has 5 nitrogen and oxygen atoms in total. The van der Waals surface area contributed by atoms with Gasteiger partial charge in [0.2, 0.25) is 0 Å². The highest BCUT2D eigenvalue weighted by Gasteiger charge is 2.40. The molecule has 1 aromatic carbocycles. The second-order valence-corrected chi connectivity index (χ2v) is 8.44. The van der Waals surface area contributed by atoms with Crippen LogP contribution in [0.15, 0.2) is 12.1 Å². The number of nitrogens with zero attached hydrogens (tertiary/aromatic N) is 1. The van der Waals surface area contributed by atoms with Crippen LogP contribution in [0.3, 0.4) is 0 Å². The molecule has 0 radical (unpaired) electrons. The molecule has 0 saturated carbocycles. The van der Waals surface area contributed by atoms with E-state index in [2.05, 4.69) is 4.90 Å². The predicted molar refractivity (Wildman–Crippen MR) is 97.8 cm³/mol. The van der Waals surface area contributed by atoms with Crippen molar-refractivity contribution in [2.45, 2.75) is 63.6 Å². The number of methoxy groups -OCH3 is 1. The lowest BCUT2D eigenvalue weighted by Gasteiger charge is -2.46. The van der Waals surface area contributed by atoms with E-state index in [9.17, 15) is 18.3 Å². The van der Waals surface area contributed by atoms with E-state index in [1.54, 1.807) is 12.1 Å². The van der Waals surface area contributed by atoms with Crippen molar-refractivity contribution in [2.75, 3.05) is 26.8 Å². The van der Waals surface area contributed by atoms with Crippen LogP contribution in [0.2, 0.25) is 0 Å². The topological polar surface area (TPSA) is 51.2 Å². The van der Waals surface area contributed by atoms with Gasteiger partial charge in [0.25, 0.3) is 0 Å². The molecule has 0 unspecified atom stereocenters. The number of alkyl halides is 3. The number of rotatable bonds is 4. The maximum Gasteiger partial charge on any atom is 0.422 e. The Labute approximate surface area is 163 Å². The van der Waals surface area contributed by atoms with Crippen molar-refractivity contribution in [3.05, 3.63) is 23.3 Å². The Bertz CT molecular complexity index is 702. The first-order valence-electron chi connectivity index (χ1n) is 9.47. The summed E-state index contributed by atoms with van der Waals surface area (Å²) in [6.07, 6.45) is -4.10. The summed E-state index contributed by atoms with van der Waals surface area (Å²) in [7, 11) is 1.41. The number of halogens is 3. The average molecular weight is 403 g/mol. The summed E-state index contributed by atoms with van der Waals surface area (Å²) in [5, 5.41) is 10.6. The number of fused-ring (bicyclic) bond motifs is 3. The van der Waals surface area contributed by atoms with Crippen LogP contribution in [0.4, 0.5) is 13.2 Å². The molecule has 0 bridgehead atoms. The fraction of sp³-hybridized carbons (Fsp3) is 0.700. The highest BCUT2D eigenvalue weighted by atomic mass is 19.4. The van der Waals surface area contributed by atoms with E-state index in [-0.39, 0.29) is 29.2 Å². The summed E-state index contributed by atoms with van der Waals surface area (Å²) in [4.78, 5) is 2.27. The molecule has 1 aromatic rings. The van der Waals surface area contributed by atoms with Gasteiger partial charge in [-0.1, -0.05) is 0 Å². The molecule has 3 rings (SSSR count). The van der Waals surface area contributed by atoms with E-state index >= 15 is 0 Å². The van der Waals surface area contributed by atoms with Crippen molar-refractivity contribution in [3.8, 4) is 11.5 Å². The third-order valence-corrected chi connectivity index (χ3v) is 5.10. The highest BCUT2D eigenvalue weighted by Crippen LogP contribution is 2.42. The molecule has 1 saturated heterocycles. The largest absolute Gasteiger partial charge is 0.493 e. The van der Waals surface area contributed by atoms with E-state index in [1.165, 1.54) is 7.11 Å². The fourth-order valence-corrected chi connectivity index (χ4v) is 3.99. The van der Waals surface area contributed by atoms with Crippen molar-refractivity contribution in [1.29, 1.82) is 0 Å². The molecule has 28 heavy (non-hydrogen) atoms. The Kier molecular flexibility index (Phi) is 5.85. The molecule has 3 atom stereocenters. The second kappa shape index (κ2) is 7.72. The SMILES string of the molecule is COc1cc2c(cc1OCC(F)(F)F)CCN1C[C@@H](OC(C)(C)C)[C@H](O)C[C@H]21. The first kappa shape index (κ1) is 21.2. The lowest BCUT2D eigenvalue weighted by atomic mass is 9.84. The van der Waals surface area contributed by atoms with E-state index in [0.717, 1.165) is 17.7 Å². The smallest absolute Gasteiger partial charge is 0.422 e. The average Bonchev–Trinajstić information content (AvgIpc) is 2.58. The van der Waals surface area contributed by atoms with E-state index in [4.69, 9.17) is 14.2 Å². The number of hydrogen-bond donors (Lipinski definition) is 1. The molecule has 0 aliphatic carbocycles. The zero-order valence-electron chi connectivity index (χ0n) is 16.7. The molecule has 0 amide bonds. The highest BCUT2D eigenvalue weighted by molar-refractivity contribution is 5.49.